The van der Waals surface area contributed by atoms with E-state index in [2.05, 4.69) is 5.32 Å². The molecule has 2 atom stereocenters. The normalized spacial score (nSPS) is 22.2. The zero-order valence-corrected chi connectivity index (χ0v) is 14.4. The van der Waals surface area contributed by atoms with Crippen molar-refractivity contribution in [1.29, 1.82) is 0 Å². The molecule has 2 aliphatic rings. The second-order valence-corrected chi connectivity index (χ2v) is 6.79. The van der Waals surface area contributed by atoms with Gasteiger partial charge in [-0.05, 0) is 43.4 Å². The van der Waals surface area contributed by atoms with Crippen LogP contribution >= 0.6 is 0 Å². The van der Waals surface area contributed by atoms with E-state index in [9.17, 15) is 19.1 Å². The van der Waals surface area contributed by atoms with E-state index in [1.54, 1.807) is 12.1 Å². The van der Waals surface area contributed by atoms with Crippen LogP contribution in [0.2, 0.25) is 0 Å². The molecule has 1 aliphatic heterocycles. The maximum absolute atomic E-state index is 13.2. The molecule has 7 heteroatoms. The largest absolute Gasteiger partial charge is 0.478 e. The van der Waals surface area contributed by atoms with Gasteiger partial charge in [0, 0.05) is 23.7 Å². The minimum absolute atomic E-state index is 0.0740. The summed E-state index contributed by atoms with van der Waals surface area (Å²) in [7, 11) is 0. The average Bonchev–Trinajstić information content (AvgIpc) is 3.23. The van der Waals surface area contributed by atoms with Gasteiger partial charge in [-0.25, -0.2) is 14.0 Å². The highest BCUT2D eigenvalue weighted by molar-refractivity contribution is 5.89. The Bertz CT molecular complexity index is 654. The number of benzene rings is 1. The summed E-state index contributed by atoms with van der Waals surface area (Å²) in [6.45, 7) is 0. The van der Waals surface area contributed by atoms with E-state index < -0.39 is 18.0 Å². The van der Waals surface area contributed by atoms with Crippen molar-refractivity contribution >= 4 is 11.9 Å². The van der Waals surface area contributed by atoms with Crippen LogP contribution in [0.3, 0.4) is 0 Å². The minimum atomic E-state index is -1.26. The number of carboxylic acid groups (broad SMARTS) is 2. The van der Waals surface area contributed by atoms with Gasteiger partial charge >= 0.3 is 11.9 Å². The zero-order chi connectivity index (χ0) is 19.2. The van der Waals surface area contributed by atoms with Gasteiger partial charge in [0.1, 0.15) is 5.82 Å². The number of hydrogen-bond donors (Lipinski definition) is 4. The highest BCUT2D eigenvalue weighted by atomic mass is 19.1. The van der Waals surface area contributed by atoms with E-state index in [1.165, 1.54) is 37.8 Å². The maximum atomic E-state index is 13.2. The van der Waals surface area contributed by atoms with Crippen molar-refractivity contribution in [3.8, 4) is 0 Å². The maximum Gasteiger partial charge on any atom is 0.328 e. The van der Waals surface area contributed by atoms with E-state index in [0.29, 0.717) is 17.7 Å². The molecule has 1 saturated carbocycles. The fraction of sp³-hybridized carbons (Fsp3) is 0.474. The topological polar surface area (TPSA) is 107 Å². The lowest BCUT2D eigenvalue weighted by molar-refractivity contribution is -0.134. The Morgan fingerprint density at radius 3 is 2.31 bits per heavy atom. The Hall–Kier alpha value is -2.25. The molecule has 142 valence electrons. The SMILES string of the molecule is O=C(O)/C=C\C(=O)O.O[C@@H](c1cccc(F)c1)[C@H]1CCC2(CCCC2)N1. The van der Waals surface area contributed by atoms with Gasteiger partial charge in [-0.1, -0.05) is 25.0 Å². The van der Waals surface area contributed by atoms with Crippen LogP contribution in [0.4, 0.5) is 4.39 Å². The molecule has 3 rings (SSSR count). The smallest absolute Gasteiger partial charge is 0.328 e. The first-order chi connectivity index (χ1) is 12.3. The van der Waals surface area contributed by atoms with E-state index in [-0.39, 0.29) is 17.4 Å². The molecule has 0 amide bonds. The molecule has 0 radical (unpaired) electrons. The third-order valence-corrected chi connectivity index (χ3v) is 4.93. The first-order valence-electron chi connectivity index (χ1n) is 8.66. The van der Waals surface area contributed by atoms with Crippen molar-refractivity contribution in [1.82, 2.24) is 5.32 Å². The van der Waals surface area contributed by atoms with E-state index in [0.717, 1.165) is 12.8 Å². The molecule has 2 fully saturated rings. The lowest BCUT2D eigenvalue weighted by Gasteiger charge is -2.27. The number of aliphatic carboxylic acids is 2. The molecule has 1 aromatic rings. The van der Waals surface area contributed by atoms with Crippen molar-refractivity contribution in [2.75, 3.05) is 0 Å². The van der Waals surface area contributed by atoms with E-state index in [1.807, 2.05) is 0 Å². The molecule has 0 unspecified atom stereocenters. The Kier molecular flexibility index (Phi) is 6.88. The van der Waals surface area contributed by atoms with Crippen LogP contribution in [-0.2, 0) is 9.59 Å². The molecule has 26 heavy (non-hydrogen) atoms. The number of rotatable bonds is 4. The molecule has 1 aromatic carbocycles. The Balaban J connectivity index is 0.000000260. The number of hydrogen-bond acceptors (Lipinski definition) is 4. The molecule has 4 N–H and O–H groups in total. The summed E-state index contributed by atoms with van der Waals surface area (Å²) in [6, 6.07) is 6.39. The first kappa shape index (κ1) is 20.1. The van der Waals surface area contributed by atoms with E-state index in [4.69, 9.17) is 10.2 Å². The van der Waals surface area contributed by atoms with Crippen molar-refractivity contribution in [3.63, 3.8) is 0 Å². The quantitative estimate of drug-likeness (QED) is 0.611. The Labute approximate surface area is 151 Å². The zero-order valence-electron chi connectivity index (χ0n) is 14.4. The lowest BCUT2D eigenvalue weighted by Crippen LogP contribution is -2.42. The highest BCUT2D eigenvalue weighted by Gasteiger charge is 2.42. The first-order valence-corrected chi connectivity index (χ1v) is 8.66. The van der Waals surface area contributed by atoms with Gasteiger partial charge in [0.15, 0.2) is 0 Å². The Morgan fingerprint density at radius 1 is 1.15 bits per heavy atom. The minimum Gasteiger partial charge on any atom is -0.478 e. The summed E-state index contributed by atoms with van der Waals surface area (Å²) in [5, 5.41) is 29.6. The van der Waals surface area contributed by atoms with Crippen molar-refractivity contribution in [3.05, 3.63) is 47.8 Å². The van der Waals surface area contributed by atoms with Crippen LogP contribution in [0.25, 0.3) is 0 Å². The number of carbonyl (C=O) groups is 2. The Morgan fingerprint density at radius 2 is 1.77 bits per heavy atom. The van der Waals surface area contributed by atoms with Gasteiger partial charge in [0.2, 0.25) is 0 Å². The molecule has 1 spiro atoms. The van der Waals surface area contributed by atoms with Crippen LogP contribution in [0.15, 0.2) is 36.4 Å². The van der Waals surface area contributed by atoms with Crippen molar-refractivity contribution in [2.45, 2.75) is 56.2 Å². The van der Waals surface area contributed by atoms with Crippen LogP contribution in [0.1, 0.15) is 50.2 Å². The predicted octanol–water partition coefficient (Wildman–Crippen LogP) is 2.64. The van der Waals surface area contributed by atoms with Gasteiger partial charge in [0.25, 0.3) is 0 Å². The molecular formula is C19H24FNO5. The van der Waals surface area contributed by atoms with Crippen molar-refractivity contribution in [2.24, 2.45) is 0 Å². The number of nitrogens with one attached hydrogen (secondary N) is 1. The molecule has 0 bridgehead atoms. The monoisotopic (exact) mass is 365 g/mol. The van der Waals surface area contributed by atoms with Gasteiger partial charge in [-0.15, -0.1) is 0 Å². The number of carboxylic acids is 2. The summed E-state index contributed by atoms with van der Waals surface area (Å²) in [5.74, 6) is -2.79. The molecule has 1 aliphatic carbocycles. The summed E-state index contributed by atoms with van der Waals surface area (Å²) < 4.78 is 13.2. The van der Waals surface area contributed by atoms with Gasteiger partial charge in [-0.3, -0.25) is 0 Å². The lowest BCUT2D eigenvalue weighted by atomic mass is 9.96. The van der Waals surface area contributed by atoms with E-state index >= 15 is 0 Å². The fourth-order valence-corrected chi connectivity index (χ4v) is 3.72. The van der Waals surface area contributed by atoms with Gasteiger partial charge < -0.3 is 20.6 Å². The van der Waals surface area contributed by atoms with Crippen LogP contribution in [-0.4, -0.2) is 38.8 Å². The van der Waals surface area contributed by atoms with Crippen LogP contribution in [0.5, 0.6) is 0 Å². The van der Waals surface area contributed by atoms with Crippen LogP contribution in [0, 0.1) is 5.82 Å². The van der Waals surface area contributed by atoms with Crippen LogP contribution < -0.4 is 5.32 Å². The molecule has 0 aromatic heterocycles. The summed E-state index contributed by atoms with van der Waals surface area (Å²) >= 11 is 0. The number of halogens is 1. The molecular weight excluding hydrogens is 341 g/mol. The van der Waals surface area contributed by atoms with Gasteiger partial charge in [-0.2, -0.15) is 0 Å². The summed E-state index contributed by atoms with van der Waals surface area (Å²) in [6.07, 6.45) is 7.66. The average molecular weight is 365 g/mol. The van der Waals surface area contributed by atoms with Crippen molar-refractivity contribution < 1.29 is 29.3 Å². The summed E-state index contributed by atoms with van der Waals surface area (Å²) in [4.78, 5) is 19.1. The van der Waals surface area contributed by atoms with Gasteiger partial charge in [0.05, 0.1) is 6.10 Å². The third kappa shape index (κ3) is 5.64. The molecule has 1 heterocycles. The second kappa shape index (κ2) is 8.91. The fourth-order valence-electron chi connectivity index (χ4n) is 3.72. The summed E-state index contributed by atoms with van der Waals surface area (Å²) in [5.41, 5.74) is 0.946. The standard InChI is InChI=1S/C15H20FNO.C4H4O4/c16-12-5-3-4-11(10-12)14(18)13-6-9-15(17-13)7-1-2-8-15;5-3(6)1-2-4(7)8/h3-5,10,13-14,17-18H,1-2,6-9H2;1-2H,(H,5,6)(H,7,8)/b;2-1-/t13-,14+;/m1./s1. The number of aliphatic hydroxyl groups excluding tert-OH is 1. The highest BCUT2D eigenvalue weighted by Crippen LogP contribution is 2.41. The molecule has 6 nitrogen and oxygen atoms in total. The molecule has 1 saturated heterocycles. The second-order valence-electron chi connectivity index (χ2n) is 6.79. The predicted molar refractivity (Wildman–Crippen MR) is 93.1 cm³/mol. The third-order valence-electron chi connectivity index (χ3n) is 4.93. The number of aliphatic hydroxyl groups is 1.